The fourth-order valence-corrected chi connectivity index (χ4v) is 2.48. The van der Waals surface area contributed by atoms with E-state index in [4.69, 9.17) is 4.74 Å². The summed E-state index contributed by atoms with van der Waals surface area (Å²) in [4.78, 5) is 22.7. The zero-order valence-electron chi connectivity index (χ0n) is 13.2. The van der Waals surface area contributed by atoms with E-state index in [0.29, 0.717) is 0 Å². The Morgan fingerprint density at radius 3 is 1.72 bits per heavy atom. The molecule has 0 fully saturated rings. The maximum absolute atomic E-state index is 12.5. The van der Waals surface area contributed by atoms with Crippen LogP contribution in [-0.2, 0) is 4.74 Å². The predicted molar refractivity (Wildman–Crippen MR) is 93.2 cm³/mol. The molecule has 0 heterocycles. The van der Waals surface area contributed by atoms with Crippen molar-refractivity contribution in [3.05, 3.63) is 112 Å². The van der Waals surface area contributed by atoms with Gasteiger partial charge in [0.2, 0.25) is 0 Å². The van der Waals surface area contributed by atoms with Gasteiger partial charge in [-0.2, -0.15) is 0 Å². The van der Waals surface area contributed by atoms with Crippen molar-refractivity contribution in [2.45, 2.75) is 6.10 Å². The molecular formula is C20H15NO4. The fourth-order valence-electron chi connectivity index (χ4n) is 2.48. The molecule has 0 saturated carbocycles. The second kappa shape index (κ2) is 7.40. The summed E-state index contributed by atoms with van der Waals surface area (Å²) >= 11 is 0. The minimum absolute atomic E-state index is 0.0702. The summed E-state index contributed by atoms with van der Waals surface area (Å²) in [6.45, 7) is 0. The fraction of sp³-hybridized carbons (Fsp3) is 0.0500. The van der Waals surface area contributed by atoms with Crippen LogP contribution in [0.1, 0.15) is 27.6 Å². The average Bonchev–Trinajstić information content (AvgIpc) is 2.67. The number of hydrogen-bond acceptors (Lipinski definition) is 4. The van der Waals surface area contributed by atoms with Gasteiger partial charge < -0.3 is 4.74 Å². The summed E-state index contributed by atoms with van der Waals surface area (Å²) < 4.78 is 5.70. The Hall–Kier alpha value is -3.47. The van der Waals surface area contributed by atoms with Gasteiger partial charge in [-0.15, -0.1) is 0 Å². The highest BCUT2D eigenvalue weighted by Gasteiger charge is 2.20. The molecule has 25 heavy (non-hydrogen) atoms. The van der Waals surface area contributed by atoms with Crippen LogP contribution in [0.4, 0.5) is 5.69 Å². The van der Waals surface area contributed by atoms with Gasteiger partial charge in [0.1, 0.15) is 0 Å². The second-order valence-electron chi connectivity index (χ2n) is 5.41. The Balaban J connectivity index is 1.87. The Kier molecular flexibility index (Phi) is 4.85. The van der Waals surface area contributed by atoms with E-state index in [1.807, 2.05) is 60.7 Å². The van der Waals surface area contributed by atoms with Crippen molar-refractivity contribution in [1.29, 1.82) is 0 Å². The highest BCUT2D eigenvalue weighted by atomic mass is 16.6. The van der Waals surface area contributed by atoms with Crippen LogP contribution in [0, 0.1) is 10.1 Å². The predicted octanol–water partition coefficient (Wildman–Crippen LogP) is 4.54. The van der Waals surface area contributed by atoms with Crippen LogP contribution < -0.4 is 0 Å². The van der Waals surface area contributed by atoms with Crippen LogP contribution in [0.2, 0.25) is 0 Å². The zero-order valence-corrected chi connectivity index (χ0v) is 13.2. The minimum Gasteiger partial charge on any atom is -0.449 e. The van der Waals surface area contributed by atoms with Gasteiger partial charge in [-0.05, 0) is 23.3 Å². The van der Waals surface area contributed by atoms with Gasteiger partial charge in [0.15, 0.2) is 6.10 Å². The summed E-state index contributed by atoms with van der Waals surface area (Å²) in [5, 5.41) is 10.7. The minimum atomic E-state index is -0.551. The Labute approximate surface area is 144 Å². The molecule has 0 bridgehead atoms. The summed E-state index contributed by atoms with van der Waals surface area (Å²) in [6, 6.07) is 24.2. The third-order valence-electron chi connectivity index (χ3n) is 3.74. The van der Waals surface area contributed by atoms with E-state index in [1.165, 1.54) is 24.3 Å². The maximum atomic E-state index is 12.5. The number of esters is 1. The van der Waals surface area contributed by atoms with Crippen molar-refractivity contribution in [2.75, 3.05) is 0 Å². The summed E-state index contributed by atoms with van der Waals surface area (Å²) in [5.41, 5.74) is 1.90. The highest BCUT2D eigenvalue weighted by Crippen LogP contribution is 2.27. The van der Waals surface area contributed by atoms with Crippen molar-refractivity contribution < 1.29 is 14.5 Å². The molecule has 3 aromatic rings. The van der Waals surface area contributed by atoms with Gasteiger partial charge in [-0.25, -0.2) is 4.79 Å². The van der Waals surface area contributed by atoms with E-state index in [1.54, 1.807) is 0 Å². The van der Waals surface area contributed by atoms with Crippen molar-refractivity contribution >= 4 is 11.7 Å². The number of carbonyl (C=O) groups is 1. The lowest BCUT2D eigenvalue weighted by atomic mass is 10.0. The molecule has 0 aliphatic heterocycles. The van der Waals surface area contributed by atoms with Gasteiger partial charge >= 0.3 is 5.97 Å². The molecule has 0 aliphatic carbocycles. The van der Waals surface area contributed by atoms with E-state index >= 15 is 0 Å². The lowest BCUT2D eigenvalue weighted by Gasteiger charge is -2.19. The first-order chi connectivity index (χ1) is 12.1. The number of nitrogens with zero attached hydrogens (tertiary/aromatic N) is 1. The van der Waals surface area contributed by atoms with Crippen LogP contribution in [0.15, 0.2) is 84.9 Å². The van der Waals surface area contributed by atoms with E-state index in [9.17, 15) is 14.9 Å². The average molecular weight is 333 g/mol. The largest absolute Gasteiger partial charge is 0.449 e. The maximum Gasteiger partial charge on any atom is 0.339 e. The third kappa shape index (κ3) is 3.90. The van der Waals surface area contributed by atoms with Gasteiger partial charge in [0, 0.05) is 12.1 Å². The molecule has 0 N–H and O–H groups in total. The number of nitro benzene ring substituents is 1. The number of carbonyl (C=O) groups excluding carboxylic acids is 1. The van der Waals surface area contributed by atoms with Crippen molar-refractivity contribution in [1.82, 2.24) is 0 Å². The molecule has 0 saturated heterocycles. The molecule has 0 amide bonds. The number of benzene rings is 3. The molecule has 5 nitrogen and oxygen atoms in total. The third-order valence-corrected chi connectivity index (χ3v) is 3.74. The standard InChI is InChI=1S/C20H15NO4/c22-20(17-11-13-18(14-12-17)21(23)24)25-19(15-7-3-1-4-8-15)16-9-5-2-6-10-16/h1-14,19H. The Morgan fingerprint density at radius 1 is 0.800 bits per heavy atom. The molecule has 0 aliphatic rings. The van der Waals surface area contributed by atoms with Crippen LogP contribution in [-0.4, -0.2) is 10.9 Å². The molecule has 0 atom stereocenters. The molecule has 124 valence electrons. The molecular weight excluding hydrogens is 318 g/mol. The number of nitro groups is 1. The quantitative estimate of drug-likeness (QED) is 0.390. The Morgan fingerprint density at radius 2 is 1.28 bits per heavy atom. The highest BCUT2D eigenvalue weighted by molar-refractivity contribution is 5.90. The SMILES string of the molecule is O=C(OC(c1ccccc1)c1ccccc1)c1ccc([N+](=O)[O-])cc1. The number of non-ortho nitro benzene ring substituents is 1. The van der Waals surface area contributed by atoms with E-state index in [2.05, 4.69) is 0 Å². The number of ether oxygens (including phenoxy) is 1. The molecule has 0 radical (unpaired) electrons. The molecule has 0 aromatic heterocycles. The van der Waals surface area contributed by atoms with Crippen molar-refractivity contribution in [3.63, 3.8) is 0 Å². The first kappa shape index (κ1) is 16.4. The monoisotopic (exact) mass is 333 g/mol. The first-order valence-electron chi connectivity index (χ1n) is 7.70. The van der Waals surface area contributed by atoms with Crippen LogP contribution >= 0.6 is 0 Å². The lowest BCUT2D eigenvalue weighted by Crippen LogP contribution is -2.13. The normalized spacial score (nSPS) is 10.4. The Bertz CT molecular complexity index is 822. The van der Waals surface area contributed by atoms with E-state index < -0.39 is 17.0 Å². The number of hydrogen-bond donors (Lipinski definition) is 0. The molecule has 3 rings (SSSR count). The molecule has 3 aromatic carbocycles. The first-order valence-corrected chi connectivity index (χ1v) is 7.70. The zero-order chi connectivity index (χ0) is 17.6. The summed E-state index contributed by atoms with van der Waals surface area (Å²) in [6.07, 6.45) is -0.551. The smallest absolute Gasteiger partial charge is 0.339 e. The lowest BCUT2D eigenvalue weighted by molar-refractivity contribution is -0.384. The van der Waals surface area contributed by atoms with Crippen LogP contribution in [0.3, 0.4) is 0 Å². The summed E-state index contributed by atoms with van der Waals surface area (Å²) in [7, 11) is 0. The second-order valence-corrected chi connectivity index (χ2v) is 5.41. The molecule has 5 heteroatoms. The topological polar surface area (TPSA) is 69.4 Å². The molecule has 0 unspecified atom stereocenters. The molecule has 0 spiro atoms. The van der Waals surface area contributed by atoms with Gasteiger partial charge in [0.25, 0.3) is 5.69 Å². The van der Waals surface area contributed by atoms with Crippen LogP contribution in [0.5, 0.6) is 0 Å². The number of rotatable bonds is 5. The van der Waals surface area contributed by atoms with Gasteiger partial charge in [-0.1, -0.05) is 60.7 Å². The van der Waals surface area contributed by atoms with Gasteiger partial charge in [-0.3, -0.25) is 10.1 Å². The van der Waals surface area contributed by atoms with Crippen molar-refractivity contribution in [2.24, 2.45) is 0 Å². The summed E-state index contributed by atoms with van der Waals surface area (Å²) in [5.74, 6) is -0.535. The van der Waals surface area contributed by atoms with Crippen LogP contribution in [0.25, 0.3) is 0 Å². The van der Waals surface area contributed by atoms with Crippen molar-refractivity contribution in [3.8, 4) is 0 Å². The van der Waals surface area contributed by atoms with E-state index in [0.717, 1.165) is 11.1 Å². The van der Waals surface area contributed by atoms with Gasteiger partial charge in [0.05, 0.1) is 10.5 Å². The van der Waals surface area contributed by atoms with E-state index in [-0.39, 0.29) is 11.3 Å².